The number of nitrogens with zero attached hydrogens (tertiary/aromatic N) is 13. The number of piperazine rings is 2. The van der Waals surface area contributed by atoms with Crippen molar-refractivity contribution < 1.29 is 81.1 Å². The minimum atomic E-state index is -3.82. The summed E-state index contributed by atoms with van der Waals surface area (Å²) in [5.41, 5.74) is 7.46. The number of nitrogens with one attached hydrogen (secondary N) is 5. The summed E-state index contributed by atoms with van der Waals surface area (Å²) in [6, 6.07) is 46.7. The molecule has 0 saturated carbocycles. The van der Waals surface area contributed by atoms with Crippen LogP contribution in [0, 0.1) is 24.4 Å². The number of anilines is 9. The van der Waals surface area contributed by atoms with Crippen LogP contribution < -0.4 is 48.7 Å². The lowest BCUT2D eigenvalue weighted by molar-refractivity contribution is -0.141. The Kier molecular flexibility index (Phi) is 29.3. The van der Waals surface area contributed by atoms with E-state index in [0.29, 0.717) is 113 Å². The molecule has 43 heteroatoms. The van der Waals surface area contributed by atoms with Crippen LogP contribution in [0.25, 0.3) is 10.9 Å². The molecular weight excluding hydrogens is 1880 g/mol. The van der Waals surface area contributed by atoms with E-state index < -0.39 is 75.3 Å². The average Bonchev–Trinajstić information content (AvgIpc) is 1.54. The highest BCUT2D eigenvalue weighted by molar-refractivity contribution is 7.93. The summed E-state index contributed by atoms with van der Waals surface area (Å²) in [4.78, 5) is 84.8. The van der Waals surface area contributed by atoms with Crippen molar-refractivity contribution in [1.82, 2.24) is 44.6 Å². The van der Waals surface area contributed by atoms with E-state index in [0.717, 1.165) is 59.4 Å². The molecule has 4 fully saturated rings. The van der Waals surface area contributed by atoms with Gasteiger partial charge in [0.05, 0.1) is 41.9 Å². The molecule has 0 aliphatic carbocycles. The van der Waals surface area contributed by atoms with Crippen molar-refractivity contribution in [1.29, 1.82) is 0 Å². The van der Waals surface area contributed by atoms with Gasteiger partial charge in [-0.25, -0.2) is 71.8 Å². The zero-order chi connectivity index (χ0) is 93.3. The van der Waals surface area contributed by atoms with Gasteiger partial charge >= 0.3 is 0 Å². The maximum absolute atomic E-state index is 14.1. The summed E-state index contributed by atoms with van der Waals surface area (Å²) < 4.78 is 153. The molecule has 5 atom stereocenters. The van der Waals surface area contributed by atoms with Gasteiger partial charge in [0.1, 0.15) is 41.7 Å². The first-order valence-electron chi connectivity index (χ1n) is 41.4. The molecule has 4 saturated heterocycles. The predicted octanol–water partition coefficient (Wildman–Crippen LogP) is 15.6. The van der Waals surface area contributed by atoms with Crippen LogP contribution >= 0.6 is 57.2 Å². The summed E-state index contributed by atoms with van der Waals surface area (Å²) in [6.07, 6.45) is 9.45. The third-order valence-electron chi connectivity index (χ3n) is 22.8. The fourth-order valence-corrected chi connectivity index (χ4v) is 22.9. The second-order valence-corrected chi connectivity index (χ2v) is 41.2. The number of rotatable bonds is 24. The molecule has 8 aromatic carbocycles. The van der Waals surface area contributed by atoms with E-state index in [1.54, 1.807) is 111 Å². The van der Waals surface area contributed by atoms with Crippen LogP contribution in [0.5, 0.6) is 0 Å². The SMILES string of the molecule is C[C@H](C(=O)N1CCN(c2ccc(S(=O)(=O)Nc3nccs3)cc2)C[C@@H]1C)n1ccc2c(F)cccc21.Cc1cccc(Cl)c1CNC1CCN(c2ccc(S(=O)(=O)Nc3nccs3)cc2)C1=O.O=C(C(O)c1cc(F)ccc1F)N1CCN(c2ccc(S(=O)(=O)Nc3ccncn3)cc2)CC1.O=C1[C@@H](N2CCc3cccc(Cl)c32)CCN1c1ccc(S(=O)(=O)Nc2nccs2)cc1.[HH].[HH].[HH].[HH].[HH].[HH].[HH]. The van der Waals surface area contributed by atoms with Gasteiger partial charge in [0.2, 0.25) is 17.7 Å². The normalized spacial score (nSPS) is 16.9. The number of aliphatic hydroxyl groups excluding tert-OH is 1. The number of benzene rings is 8. The monoisotopic (exact) mass is 1980 g/mol. The lowest BCUT2D eigenvalue weighted by Gasteiger charge is -2.42. The van der Waals surface area contributed by atoms with Gasteiger partial charge in [-0.05, 0) is 208 Å². The number of aryl methyl sites for hydroxylation is 1. The fraction of sp³-hybridized carbons (Fsp3) is 0.247. The highest BCUT2D eigenvalue weighted by Gasteiger charge is 2.41. The van der Waals surface area contributed by atoms with Crippen LogP contribution in [-0.4, -0.2) is 185 Å². The Bertz CT molecular complexity index is 6810. The van der Waals surface area contributed by atoms with E-state index in [-0.39, 0.29) is 90.1 Å². The number of carbonyl (C=O) groups excluding carboxylic acids is 4. The standard InChI is InChI=1S/C25H26FN5O3S2.C22H21F2N5O4S.C21H19ClN4O3S2.C21H21ClN4O3S2.7H2/c1-17-16-29(19-6-8-20(9-7-19)36(33,34)28-25-27-11-15-35-25)13-14-30(17)24(32)18(2)31-12-10-21-22(26)4-3-5-23(21)31;23-15-1-6-19(24)18(13-15)21(30)22(31)29-11-9-28(10-12-29)16-2-4-17(5-3-16)34(32,33)27-20-7-8-25-14-26-20;22-17-3-1-2-14-8-11-26(19(14)17)18-9-12-25(20(18)27)15-4-6-16(7-5-15)31(28,29)24-21-23-10-13-30-21;1-14-3-2-4-18(22)17(14)13-24-19-9-11-26(20(19)27)15-5-7-16(8-6-15)31(28,29)25-21-23-10-12-30-21;;;;;;;/h3-12,15,17-18H,13-14,16H2,1-2H3,(H,27,28);1-8,13-14,21,30H,9-12H2,(H,25,26,27);1-7,10,13,18H,8-9,11-12H2,(H,23,24);2-8,10,12,19,24H,9,11,13H2,1H3,(H,23,25);7*1H/t17-,18+;;18-;;;;;;;;/m0.0......../s1. The number of halogens is 5. The number of amides is 4. The van der Waals surface area contributed by atoms with Crippen molar-refractivity contribution in [2.45, 2.75) is 96.4 Å². The molecule has 5 aromatic heterocycles. The molecule has 5 aliphatic rings. The highest BCUT2D eigenvalue weighted by Crippen LogP contribution is 2.40. The van der Waals surface area contributed by atoms with E-state index in [9.17, 15) is 71.1 Å². The molecule has 31 nitrogen and oxygen atoms in total. The van der Waals surface area contributed by atoms with Gasteiger partial charge < -0.3 is 49.3 Å². The zero-order valence-corrected chi connectivity index (χ0v) is 77.9. The van der Waals surface area contributed by atoms with Crippen molar-refractivity contribution in [2.75, 3.05) is 109 Å². The Morgan fingerprint density at radius 1 is 0.545 bits per heavy atom. The van der Waals surface area contributed by atoms with Gasteiger partial charge in [-0.1, -0.05) is 53.5 Å². The second-order valence-electron chi connectivity index (χ2n) is 31.0. The van der Waals surface area contributed by atoms with Crippen molar-refractivity contribution in [2.24, 2.45) is 0 Å². The first-order valence-corrected chi connectivity index (χ1v) is 50.7. The Morgan fingerprint density at radius 2 is 1.07 bits per heavy atom. The van der Waals surface area contributed by atoms with Gasteiger partial charge in [0.25, 0.3) is 46.0 Å². The molecule has 0 bridgehead atoms. The third-order valence-corrected chi connectivity index (χ3v) is 31.4. The zero-order valence-electron chi connectivity index (χ0n) is 70.7. The largest absolute Gasteiger partial charge is 0.378 e. The van der Waals surface area contributed by atoms with Gasteiger partial charge in [-0.3, -0.25) is 38.1 Å². The summed E-state index contributed by atoms with van der Waals surface area (Å²) in [6.45, 7) is 11.3. The maximum atomic E-state index is 14.1. The molecule has 0 spiro atoms. The van der Waals surface area contributed by atoms with Gasteiger partial charge in [0.15, 0.2) is 21.5 Å². The van der Waals surface area contributed by atoms with Crippen LogP contribution in [-0.2, 0) is 72.2 Å². The molecule has 13 aromatic rings. The van der Waals surface area contributed by atoms with Crippen LogP contribution in [0.15, 0.2) is 255 Å². The van der Waals surface area contributed by atoms with Crippen LogP contribution in [0.2, 0.25) is 10.0 Å². The molecule has 132 heavy (non-hydrogen) atoms. The average molecular weight is 1980 g/mol. The molecule has 4 amide bonds. The Hall–Kier alpha value is -12.2. The quantitative estimate of drug-likeness (QED) is 0.0327. The Balaban J connectivity index is 0.000000224. The van der Waals surface area contributed by atoms with E-state index >= 15 is 0 Å². The number of fused-ring (bicyclic) bond motifs is 2. The van der Waals surface area contributed by atoms with Gasteiger partial charge in [0, 0.05) is 174 Å². The van der Waals surface area contributed by atoms with Crippen molar-refractivity contribution >= 4 is 181 Å². The van der Waals surface area contributed by atoms with E-state index in [1.165, 1.54) is 118 Å². The van der Waals surface area contributed by atoms with Crippen molar-refractivity contribution in [3.05, 3.63) is 285 Å². The smallest absolute Gasteiger partial charge is 0.263 e. The molecule has 0 radical (unpaired) electrons. The minimum Gasteiger partial charge on any atom is -0.378 e. The topological polar surface area (TPSA) is 377 Å². The number of para-hydroxylation sites is 1. The number of sulfonamides is 4. The molecular formula is C89H101Cl2F3N18O13S7. The van der Waals surface area contributed by atoms with Crippen LogP contribution in [0.1, 0.15) is 71.1 Å². The fourth-order valence-electron chi connectivity index (χ4n) is 16.0. The number of hydrogen-bond acceptors (Lipinski definition) is 25. The van der Waals surface area contributed by atoms with E-state index in [2.05, 4.69) is 65.0 Å². The predicted molar refractivity (Wildman–Crippen MR) is 519 cm³/mol. The molecule has 10 heterocycles. The van der Waals surface area contributed by atoms with Crippen LogP contribution in [0.4, 0.5) is 62.8 Å². The summed E-state index contributed by atoms with van der Waals surface area (Å²) in [7, 11) is -15.0. The van der Waals surface area contributed by atoms with Crippen molar-refractivity contribution in [3.8, 4) is 0 Å². The number of hydrogen-bond donors (Lipinski definition) is 6. The summed E-state index contributed by atoms with van der Waals surface area (Å²) in [5.74, 6) is -2.51. The van der Waals surface area contributed by atoms with Gasteiger partial charge in [-0.15, -0.1) is 34.0 Å². The van der Waals surface area contributed by atoms with Gasteiger partial charge in [-0.2, -0.15) is 0 Å². The second kappa shape index (κ2) is 40.9. The molecule has 2 unspecified atom stereocenters. The molecule has 6 N–H and O–H groups in total. The third kappa shape index (κ3) is 21.8. The maximum Gasteiger partial charge on any atom is 0.263 e. The summed E-state index contributed by atoms with van der Waals surface area (Å²) >= 11 is 16.3. The highest BCUT2D eigenvalue weighted by atomic mass is 35.5. The number of carbonyl (C=O) groups is 4. The molecule has 702 valence electrons. The molecule has 18 rings (SSSR count). The number of aliphatic hydroxyl groups is 1. The lowest BCUT2D eigenvalue weighted by atomic mass is 10.1. The van der Waals surface area contributed by atoms with Crippen LogP contribution in [0.3, 0.4) is 0 Å². The van der Waals surface area contributed by atoms with Crippen molar-refractivity contribution in [3.63, 3.8) is 0 Å². The minimum absolute atomic E-state index is 0. The summed E-state index contributed by atoms with van der Waals surface area (Å²) in [5, 5.41) is 21.4. The Morgan fingerprint density at radius 3 is 1.61 bits per heavy atom. The first-order chi connectivity index (χ1) is 63.3. The van der Waals surface area contributed by atoms with E-state index in [1.807, 2.05) is 71.5 Å². The Labute approximate surface area is 792 Å². The lowest BCUT2D eigenvalue weighted by Crippen LogP contribution is -2.55. The molecule has 5 aliphatic heterocycles. The first kappa shape index (κ1) is 94.5. The number of aromatic nitrogens is 6. The number of thiazole rings is 3. The van der Waals surface area contributed by atoms with E-state index in [4.69, 9.17) is 23.2 Å².